The van der Waals surface area contributed by atoms with E-state index in [0.29, 0.717) is 6.17 Å². The predicted molar refractivity (Wildman–Crippen MR) is 117 cm³/mol. The third-order valence-corrected chi connectivity index (χ3v) is 5.82. The van der Waals surface area contributed by atoms with E-state index in [4.69, 9.17) is 0 Å². The minimum absolute atomic E-state index is 0.646. The summed E-state index contributed by atoms with van der Waals surface area (Å²) in [7, 11) is 0. The second kappa shape index (κ2) is 16.5. The van der Waals surface area contributed by atoms with E-state index in [1.54, 1.807) is 0 Å². The van der Waals surface area contributed by atoms with Gasteiger partial charge in [0.25, 0.3) is 0 Å². The zero-order chi connectivity index (χ0) is 18.9. The first-order chi connectivity index (χ1) is 12.8. The van der Waals surface area contributed by atoms with Gasteiger partial charge in [-0.3, -0.25) is 0 Å². The summed E-state index contributed by atoms with van der Waals surface area (Å²) in [5.74, 6) is 0. The zero-order valence-corrected chi connectivity index (χ0v) is 18.4. The minimum Gasteiger partial charge on any atom is -0.356 e. The van der Waals surface area contributed by atoms with Crippen molar-refractivity contribution in [3.05, 3.63) is 12.4 Å². The van der Waals surface area contributed by atoms with Gasteiger partial charge in [0.05, 0.1) is 0 Å². The SMILES string of the molecule is CCCCCCCCCCN1C=CN(CCCC)C1CCCCCCC. The van der Waals surface area contributed by atoms with E-state index in [9.17, 15) is 0 Å². The highest BCUT2D eigenvalue weighted by atomic mass is 15.4. The van der Waals surface area contributed by atoms with Gasteiger partial charge >= 0.3 is 0 Å². The lowest BCUT2D eigenvalue weighted by Gasteiger charge is -2.33. The second-order valence-corrected chi connectivity index (χ2v) is 8.29. The maximum atomic E-state index is 2.65. The largest absolute Gasteiger partial charge is 0.356 e. The van der Waals surface area contributed by atoms with Crippen LogP contribution in [-0.2, 0) is 0 Å². The van der Waals surface area contributed by atoms with Gasteiger partial charge in [0, 0.05) is 25.5 Å². The molecule has 0 spiro atoms. The lowest BCUT2D eigenvalue weighted by molar-refractivity contribution is 0.136. The van der Waals surface area contributed by atoms with Gasteiger partial charge in [-0.1, -0.05) is 97.8 Å². The lowest BCUT2D eigenvalue weighted by Crippen LogP contribution is -2.39. The molecular weight excluding hydrogens is 316 g/mol. The summed E-state index contributed by atoms with van der Waals surface area (Å²) in [6.07, 6.45) is 27.7. The number of hydrogen-bond acceptors (Lipinski definition) is 2. The Morgan fingerprint density at radius 2 is 0.923 bits per heavy atom. The van der Waals surface area contributed by atoms with Crippen molar-refractivity contribution in [2.24, 2.45) is 0 Å². The van der Waals surface area contributed by atoms with E-state index >= 15 is 0 Å². The molecule has 0 saturated carbocycles. The van der Waals surface area contributed by atoms with Crippen molar-refractivity contribution in [1.82, 2.24) is 9.80 Å². The molecule has 26 heavy (non-hydrogen) atoms. The highest BCUT2D eigenvalue weighted by Gasteiger charge is 2.24. The number of nitrogens with zero attached hydrogens (tertiary/aromatic N) is 2. The van der Waals surface area contributed by atoms with E-state index in [1.807, 2.05) is 0 Å². The van der Waals surface area contributed by atoms with Crippen molar-refractivity contribution in [1.29, 1.82) is 0 Å². The smallest absolute Gasteiger partial charge is 0.101 e. The van der Waals surface area contributed by atoms with Crippen LogP contribution in [-0.4, -0.2) is 29.1 Å². The molecule has 0 N–H and O–H groups in total. The summed E-state index contributed by atoms with van der Waals surface area (Å²) < 4.78 is 0. The molecule has 0 aliphatic carbocycles. The third kappa shape index (κ3) is 10.5. The summed E-state index contributed by atoms with van der Waals surface area (Å²) in [4.78, 5) is 5.26. The fourth-order valence-corrected chi connectivity index (χ4v) is 4.04. The van der Waals surface area contributed by atoms with Crippen LogP contribution in [0.5, 0.6) is 0 Å². The highest BCUT2D eigenvalue weighted by Crippen LogP contribution is 2.23. The van der Waals surface area contributed by atoms with Crippen LogP contribution in [0.15, 0.2) is 12.4 Å². The molecule has 0 fully saturated rings. The van der Waals surface area contributed by atoms with Crippen LogP contribution >= 0.6 is 0 Å². The highest BCUT2D eigenvalue weighted by molar-refractivity contribution is 4.96. The minimum atomic E-state index is 0.646. The van der Waals surface area contributed by atoms with Gasteiger partial charge in [0.15, 0.2) is 0 Å². The fraction of sp³-hybridized carbons (Fsp3) is 0.917. The summed E-state index contributed by atoms with van der Waals surface area (Å²) in [6.45, 7) is 9.40. The zero-order valence-electron chi connectivity index (χ0n) is 18.4. The molecule has 1 heterocycles. The van der Waals surface area contributed by atoms with E-state index in [1.165, 1.54) is 116 Å². The lowest BCUT2D eigenvalue weighted by atomic mass is 10.1. The molecule has 1 rings (SSSR count). The van der Waals surface area contributed by atoms with Crippen molar-refractivity contribution < 1.29 is 0 Å². The molecule has 1 unspecified atom stereocenters. The van der Waals surface area contributed by atoms with Crippen LogP contribution in [0.4, 0.5) is 0 Å². The van der Waals surface area contributed by atoms with E-state index in [0.717, 1.165) is 0 Å². The Kier molecular flexibility index (Phi) is 14.8. The predicted octanol–water partition coefficient (Wildman–Crippen LogP) is 7.70. The van der Waals surface area contributed by atoms with Crippen molar-refractivity contribution >= 4 is 0 Å². The summed E-state index contributed by atoms with van der Waals surface area (Å²) in [6, 6.07) is 0. The number of hydrogen-bond donors (Lipinski definition) is 0. The molecule has 0 aromatic carbocycles. The quantitative estimate of drug-likeness (QED) is 0.230. The molecule has 0 bridgehead atoms. The van der Waals surface area contributed by atoms with Crippen molar-refractivity contribution in [3.8, 4) is 0 Å². The average molecular weight is 365 g/mol. The van der Waals surface area contributed by atoms with Gasteiger partial charge in [0.2, 0.25) is 0 Å². The van der Waals surface area contributed by atoms with Crippen LogP contribution in [0.3, 0.4) is 0 Å². The Bertz CT molecular complexity index is 326. The van der Waals surface area contributed by atoms with Crippen molar-refractivity contribution in [2.75, 3.05) is 13.1 Å². The third-order valence-electron chi connectivity index (χ3n) is 5.82. The Morgan fingerprint density at radius 3 is 1.46 bits per heavy atom. The van der Waals surface area contributed by atoms with Crippen molar-refractivity contribution in [2.45, 2.75) is 130 Å². The molecule has 0 aromatic rings. The standard InChI is InChI=1S/C24H48N2/c1-4-7-10-12-13-14-16-18-21-26-23-22-25(20-9-6-3)24(26)19-17-15-11-8-5-2/h22-24H,4-21H2,1-3H3. The molecule has 1 aliphatic rings. The Balaban J connectivity index is 2.23. The maximum Gasteiger partial charge on any atom is 0.101 e. The van der Waals surface area contributed by atoms with E-state index < -0.39 is 0 Å². The molecule has 0 saturated heterocycles. The van der Waals surface area contributed by atoms with Crippen LogP contribution in [0, 0.1) is 0 Å². The molecule has 0 aromatic heterocycles. The molecule has 2 heteroatoms. The van der Waals surface area contributed by atoms with E-state index in [2.05, 4.69) is 43.0 Å². The van der Waals surface area contributed by atoms with Gasteiger partial charge in [-0.2, -0.15) is 0 Å². The molecule has 2 nitrogen and oxygen atoms in total. The molecular formula is C24H48N2. The molecule has 0 amide bonds. The average Bonchev–Trinajstić information content (AvgIpc) is 3.04. The normalized spacial score (nSPS) is 16.8. The Hall–Kier alpha value is -0.660. The van der Waals surface area contributed by atoms with Gasteiger partial charge in [-0.05, 0) is 25.7 Å². The molecule has 154 valence electrons. The number of unbranched alkanes of at least 4 members (excludes halogenated alkanes) is 12. The van der Waals surface area contributed by atoms with Crippen LogP contribution < -0.4 is 0 Å². The first-order valence-electron chi connectivity index (χ1n) is 12.0. The van der Waals surface area contributed by atoms with Crippen LogP contribution in [0.1, 0.15) is 124 Å². The Labute approximate surface area is 165 Å². The summed E-state index contributed by atoms with van der Waals surface area (Å²) in [5.41, 5.74) is 0. The van der Waals surface area contributed by atoms with E-state index in [-0.39, 0.29) is 0 Å². The van der Waals surface area contributed by atoms with Gasteiger partial charge < -0.3 is 9.80 Å². The fourth-order valence-electron chi connectivity index (χ4n) is 4.04. The Morgan fingerprint density at radius 1 is 0.500 bits per heavy atom. The monoisotopic (exact) mass is 364 g/mol. The van der Waals surface area contributed by atoms with Crippen LogP contribution in [0.2, 0.25) is 0 Å². The van der Waals surface area contributed by atoms with Crippen LogP contribution in [0.25, 0.3) is 0 Å². The summed E-state index contributed by atoms with van der Waals surface area (Å²) in [5, 5.41) is 0. The molecule has 1 aliphatic heterocycles. The topological polar surface area (TPSA) is 6.48 Å². The molecule has 0 radical (unpaired) electrons. The maximum absolute atomic E-state index is 2.65. The summed E-state index contributed by atoms with van der Waals surface area (Å²) >= 11 is 0. The van der Waals surface area contributed by atoms with Gasteiger partial charge in [0.1, 0.15) is 6.17 Å². The van der Waals surface area contributed by atoms with Crippen molar-refractivity contribution in [3.63, 3.8) is 0 Å². The second-order valence-electron chi connectivity index (χ2n) is 8.29. The van der Waals surface area contributed by atoms with Gasteiger partial charge in [-0.25, -0.2) is 0 Å². The molecule has 1 atom stereocenters. The van der Waals surface area contributed by atoms with Gasteiger partial charge in [-0.15, -0.1) is 0 Å². The number of rotatable bonds is 18. The first kappa shape index (κ1) is 23.4. The first-order valence-corrected chi connectivity index (χ1v) is 12.0.